The average Bonchev–Trinajstić information content (AvgIpc) is 3.40. The van der Waals surface area contributed by atoms with Gasteiger partial charge in [-0.1, -0.05) is 42.1 Å². The molecular formula is C19H24N4O2S. The van der Waals surface area contributed by atoms with Crippen molar-refractivity contribution in [2.45, 2.75) is 56.8 Å². The van der Waals surface area contributed by atoms with Gasteiger partial charge in [0.05, 0.1) is 11.8 Å². The van der Waals surface area contributed by atoms with E-state index in [-0.39, 0.29) is 17.4 Å². The fourth-order valence-corrected chi connectivity index (χ4v) is 3.68. The molecule has 1 aliphatic rings. The number of rotatable bonds is 9. The number of nitrogens with zero attached hydrogens (tertiary/aromatic N) is 3. The van der Waals surface area contributed by atoms with Crippen molar-refractivity contribution in [1.82, 2.24) is 20.1 Å². The Bertz CT molecular complexity index is 771. The summed E-state index contributed by atoms with van der Waals surface area (Å²) >= 11 is 1.37. The van der Waals surface area contributed by atoms with E-state index < -0.39 is 6.04 Å². The summed E-state index contributed by atoms with van der Waals surface area (Å²) < 4.78 is 2.09. The van der Waals surface area contributed by atoms with Gasteiger partial charge >= 0.3 is 0 Å². The van der Waals surface area contributed by atoms with Crippen molar-refractivity contribution in [2.75, 3.05) is 5.75 Å². The molecule has 1 amide bonds. The highest BCUT2D eigenvalue weighted by molar-refractivity contribution is 7.99. The Morgan fingerprint density at radius 3 is 2.62 bits per heavy atom. The predicted octanol–water partition coefficient (Wildman–Crippen LogP) is 2.58. The van der Waals surface area contributed by atoms with Gasteiger partial charge in [-0.2, -0.15) is 0 Å². The lowest BCUT2D eigenvalue weighted by Crippen LogP contribution is -2.42. The van der Waals surface area contributed by atoms with Crippen LogP contribution in [0, 0.1) is 0 Å². The number of benzene rings is 1. The fraction of sp³-hybridized carbons (Fsp3) is 0.474. The second kappa shape index (κ2) is 8.49. The van der Waals surface area contributed by atoms with E-state index in [4.69, 9.17) is 0 Å². The van der Waals surface area contributed by atoms with Crippen LogP contribution < -0.4 is 5.32 Å². The van der Waals surface area contributed by atoms with Crippen LogP contribution in [0.5, 0.6) is 0 Å². The molecule has 7 heteroatoms. The first-order chi connectivity index (χ1) is 12.6. The summed E-state index contributed by atoms with van der Waals surface area (Å²) in [7, 11) is 0. The Hall–Kier alpha value is -2.15. The highest BCUT2D eigenvalue weighted by Crippen LogP contribution is 2.39. The number of Topliss-reactive ketones (excluding diaryl/α,β-unsaturated/α-hetero) is 1. The zero-order valence-electron chi connectivity index (χ0n) is 15.1. The van der Waals surface area contributed by atoms with Gasteiger partial charge in [-0.15, -0.1) is 10.2 Å². The second-order valence-corrected chi connectivity index (χ2v) is 7.51. The van der Waals surface area contributed by atoms with Crippen LogP contribution in [0.15, 0.2) is 35.5 Å². The van der Waals surface area contributed by atoms with E-state index in [1.165, 1.54) is 31.5 Å². The van der Waals surface area contributed by atoms with Gasteiger partial charge in [0.1, 0.15) is 5.82 Å². The van der Waals surface area contributed by atoms with E-state index in [2.05, 4.69) is 27.0 Å². The van der Waals surface area contributed by atoms with Crippen molar-refractivity contribution < 1.29 is 9.59 Å². The van der Waals surface area contributed by atoms with Crippen molar-refractivity contribution in [2.24, 2.45) is 0 Å². The molecule has 1 heterocycles. The topological polar surface area (TPSA) is 76.9 Å². The monoisotopic (exact) mass is 372 g/mol. The first kappa shape index (κ1) is 18.6. The minimum atomic E-state index is -0.503. The van der Waals surface area contributed by atoms with Gasteiger partial charge in [0, 0.05) is 12.5 Å². The zero-order valence-corrected chi connectivity index (χ0v) is 16.0. The SMILES string of the molecule is CCn1c(SCC(=O)N[C@@H](Cc2ccccc2)C(C)=O)nnc1C1CC1. The third-order valence-electron chi connectivity index (χ3n) is 4.45. The number of thioether (sulfide) groups is 1. The standard InChI is InChI=1S/C19H24N4O2S/c1-3-23-18(15-9-10-15)21-22-19(23)26-12-17(25)20-16(13(2)24)11-14-7-5-4-6-8-14/h4-8,15-16H,3,9-12H2,1-2H3,(H,20,25)/t16-/m0/s1. The summed E-state index contributed by atoms with van der Waals surface area (Å²) in [6.07, 6.45) is 2.84. The number of amides is 1. The van der Waals surface area contributed by atoms with Gasteiger partial charge in [0.2, 0.25) is 5.91 Å². The smallest absolute Gasteiger partial charge is 0.231 e. The lowest BCUT2D eigenvalue weighted by molar-refractivity contribution is -0.125. The van der Waals surface area contributed by atoms with Crippen LogP contribution in [0.1, 0.15) is 44.0 Å². The molecule has 1 aromatic heterocycles. The largest absolute Gasteiger partial charge is 0.345 e. The molecule has 1 fully saturated rings. The van der Waals surface area contributed by atoms with Gasteiger partial charge in [0.15, 0.2) is 10.9 Å². The Morgan fingerprint density at radius 1 is 1.27 bits per heavy atom. The molecule has 3 rings (SSSR count). The van der Waals surface area contributed by atoms with E-state index in [1.54, 1.807) is 0 Å². The molecule has 0 spiro atoms. The minimum Gasteiger partial charge on any atom is -0.345 e. The van der Waals surface area contributed by atoms with Crippen LogP contribution in [0.2, 0.25) is 0 Å². The van der Waals surface area contributed by atoms with Gasteiger partial charge in [-0.25, -0.2) is 0 Å². The number of aromatic nitrogens is 3. The molecular weight excluding hydrogens is 348 g/mol. The van der Waals surface area contributed by atoms with Gasteiger partial charge in [-0.3, -0.25) is 9.59 Å². The minimum absolute atomic E-state index is 0.0417. The molecule has 1 atom stereocenters. The summed E-state index contributed by atoms with van der Waals surface area (Å²) in [5.74, 6) is 1.57. The lowest BCUT2D eigenvalue weighted by atomic mass is 10.0. The Labute approximate surface area is 157 Å². The first-order valence-corrected chi connectivity index (χ1v) is 9.96. The van der Waals surface area contributed by atoms with E-state index >= 15 is 0 Å². The van der Waals surface area contributed by atoms with Crippen molar-refractivity contribution in [3.8, 4) is 0 Å². The molecule has 0 radical (unpaired) electrons. The quantitative estimate of drug-likeness (QED) is 0.685. The summed E-state index contributed by atoms with van der Waals surface area (Å²) in [6.45, 7) is 4.37. The Balaban J connectivity index is 1.56. The van der Waals surface area contributed by atoms with Gasteiger partial charge in [-0.05, 0) is 38.7 Å². The summed E-state index contributed by atoms with van der Waals surface area (Å²) in [5, 5.41) is 12.1. The molecule has 1 saturated carbocycles. The van der Waals surface area contributed by atoms with E-state index in [0.29, 0.717) is 12.3 Å². The first-order valence-electron chi connectivity index (χ1n) is 8.98. The second-order valence-electron chi connectivity index (χ2n) is 6.57. The molecule has 0 aliphatic heterocycles. The fourth-order valence-electron chi connectivity index (χ4n) is 2.86. The molecule has 1 aliphatic carbocycles. The van der Waals surface area contributed by atoms with Crippen LogP contribution in [-0.2, 0) is 22.6 Å². The molecule has 1 N–H and O–H groups in total. The molecule has 0 unspecified atom stereocenters. The Morgan fingerprint density at radius 2 is 2.00 bits per heavy atom. The number of hydrogen-bond donors (Lipinski definition) is 1. The van der Waals surface area contributed by atoms with Crippen molar-refractivity contribution in [3.05, 3.63) is 41.7 Å². The van der Waals surface area contributed by atoms with Gasteiger partial charge < -0.3 is 9.88 Å². The van der Waals surface area contributed by atoms with E-state index in [9.17, 15) is 9.59 Å². The number of hydrogen-bond acceptors (Lipinski definition) is 5. The maximum atomic E-state index is 12.3. The molecule has 1 aromatic carbocycles. The van der Waals surface area contributed by atoms with Crippen molar-refractivity contribution in [3.63, 3.8) is 0 Å². The molecule has 138 valence electrons. The predicted molar refractivity (Wildman–Crippen MR) is 101 cm³/mol. The average molecular weight is 372 g/mol. The summed E-state index contributed by atoms with van der Waals surface area (Å²) in [5.41, 5.74) is 1.03. The molecule has 6 nitrogen and oxygen atoms in total. The van der Waals surface area contributed by atoms with Crippen molar-refractivity contribution >= 4 is 23.5 Å². The third-order valence-corrected chi connectivity index (χ3v) is 5.41. The maximum absolute atomic E-state index is 12.3. The van der Waals surface area contributed by atoms with E-state index in [1.807, 2.05) is 30.3 Å². The third kappa shape index (κ3) is 4.72. The van der Waals surface area contributed by atoms with Crippen LogP contribution in [-0.4, -0.2) is 38.2 Å². The Kier molecular flexibility index (Phi) is 6.08. The number of nitrogens with one attached hydrogen (secondary N) is 1. The van der Waals surface area contributed by atoms with Crippen LogP contribution in [0.25, 0.3) is 0 Å². The number of carbonyl (C=O) groups is 2. The summed E-state index contributed by atoms with van der Waals surface area (Å²) in [6, 6.07) is 9.20. The number of carbonyl (C=O) groups excluding carboxylic acids is 2. The number of ketones is 1. The molecule has 0 bridgehead atoms. The molecule has 2 aromatic rings. The van der Waals surface area contributed by atoms with Crippen LogP contribution >= 0.6 is 11.8 Å². The van der Waals surface area contributed by atoms with E-state index in [0.717, 1.165) is 23.1 Å². The van der Waals surface area contributed by atoms with Crippen LogP contribution in [0.4, 0.5) is 0 Å². The highest BCUT2D eigenvalue weighted by Gasteiger charge is 2.30. The normalized spacial score (nSPS) is 14.8. The van der Waals surface area contributed by atoms with Crippen molar-refractivity contribution in [1.29, 1.82) is 0 Å². The molecule has 0 saturated heterocycles. The highest BCUT2D eigenvalue weighted by atomic mass is 32.2. The van der Waals surface area contributed by atoms with Crippen LogP contribution in [0.3, 0.4) is 0 Å². The summed E-state index contributed by atoms with van der Waals surface area (Å²) in [4.78, 5) is 24.2. The lowest BCUT2D eigenvalue weighted by Gasteiger charge is -2.16. The zero-order chi connectivity index (χ0) is 18.5. The van der Waals surface area contributed by atoms with Gasteiger partial charge in [0.25, 0.3) is 0 Å². The maximum Gasteiger partial charge on any atom is 0.231 e. The molecule has 26 heavy (non-hydrogen) atoms.